The lowest BCUT2D eigenvalue weighted by molar-refractivity contribution is 0.802. The first-order valence-corrected chi connectivity index (χ1v) is 22.5. The summed E-state index contributed by atoms with van der Waals surface area (Å²) in [5.74, 6) is 0.482. The lowest BCUT2D eigenvalue weighted by Crippen LogP contribution is -2.37. The highest BCUT2D eigenvalue weighted by atomic mass is 28.3. The number of hydrogen-bond acceptors (Lipinski definition) is 1. The fraction of sp³-hybridized carbons (Fsp3) is 0.137. The SMILES string of the molecule is CC(C)c1ccc(N(c2ccc([Si](C)(C)C)cc2)c2ccc3c4c(ccc3c2)-c2c(ccc3ccccc23)C42c3ccccc3-c3ccccc32)cc1. The van der Waals surface area contributed by atoms with Crippen LogP contribution in [0.2, 0.25) is 19.6 Å². The molecule has 256 valence electrons. The van der Waals surface area contributed by atoms with Gasteiger partial charge in [-0.1, -0.05) is 166 Å². The summed E-state index contributed by atoms with van der Waals surface area (Å²) in [7, 11) is -1.45. The smallest absolute Gasteiger partial charge is 0.0775 e. The molecule has 8 aromatic carbocycles. The highest BCUT2D eigenvalue weighted by Gasteiger charge is 2.52. The first-order valence-electron chi connectivity index (χ1n) is 19.0. The van der Waals surface area contributed by atoms with Crippen molar-refractivity contribution in [3.8, 4) is 22.3 Å². The summed E-state index contributed by atoms with van der Waals surface area (Å²) in [4.78, 5) is 2.43. The molecule has 0 radical (unpaired) electrons. The van der Waals surface area contributed by atoms with Crippen LogP contribution in [0.25, 0.3) is 43.8 Å². The zero-order chi connectivity index (χ0) is 36.1. The molecule has 0 aromatic heterocycles. The lowest BCUT2D eigenvalue weighted by Gasteiger charge is -2.32. The largest absolute Gasteiger partial charge is 0.310 e. The fourth-order valence-corrected chi connectivity index (χ4v) is 10.6. The van der Waals surface area contributed by atoms with Gasteiger partial charge in [0.15, 0.2) is 0 Å². The van der Waals surface area contributed by atoms with Gasteiger partial charge in [-0.05, 0) is 114 Å². The summed E-state index contributed by atoms with van der Waals surface area (Å²) in [6.07, 6.45) is 0. The molecule has 0 amide bonds. The fourth-order valence-electron chi connectivity index (χ4n) is 9.44. The molecule has 1 spiro atoms. The quantitative estimate of drug-likeness (QED) is 0.162. The van der Waals surface area contributed by atoms with Crippen LogP contribution >= 0.6 is 0 Å². The minimum atomic E-state index is -1.45. The normalized spacial score (nSPS) is 13.7. The Hall–Kier alpha value is -5.70. The Balaban J connectivity index is 1.24. The standard InChI is InChI=1S/C51H43NSi/c1-33(2)34-18-22-37(23-19-34)52(38-24-27-40(28-25-38)53(3,4)5)39-26-30-42-36(32-39)20-29-45-49-41-13-7-6-12-35(41)21-31-48(49)51(50(42)45)46-16-10-8-14-43(46)44-15-9-11-17-47(44)51/h6-33H,1-5H3. The average molecular weight is 698 g/mol. The van der Waals surface area contributed by atoms with Crippen LogP contribution in [0.15, 0.2) is 164 Å². The Morgan fingerprint density at radius 3 is 1.72 bits per heavy atom. The summed E-state index contributed by atoms with van der Waals surface area (Å²) in [5, 5.41) is 6.63. The molecule has 0 N–H and O–H groups in total. The van der Waals surface area contributed by atoms with Gasteiger partial charge >= 0.3 is 0 Å². The van der Waals surface area contributed by atoms with Crippen LogP contribution in [-0.2, 0) is 5.41 Å². The second-order valence-corrected chi connectivity index (χ2v) is 21.4. The Bertz CT molecular complexity index is 2680. The summed E-state index contributed by atoms with van der Waals surface area (Å²) < 4.78 is 0. The van der Waals surface area contributed by atoms with E-state index in [0.717, 1.165) is 5.69 Å². The van der Waals surface area contributed by atoms with E-state index in [1.807, 2.05) is 0 Å². The first kappa shape index (κ1) is 32.0. The molecule has 0 saturated heterocycles. The molecule has 0 unspecified atom stereocenters. The van der Waals surface area contributed by atoms with E-state index in [0.29, 0.717) is 5.92 Å². The molecule has 0 heterocycles. The Morgan fingerprint density at radius 1 is 0.472 bits per heavy atom. The number of rotatable bonds is 5. The zero-order valence-corrected chi connectivity index (χ0v) is 32.1. The van der Waals surface area contributed by atoms with Gasteiger partial charge in [0.2, 0.25) is 0 Å². The summed E-state index contributed by atoms with van der Waals surface area (Å²) >= 11 is 0. The van der Waals surface area contributed by atoms with Crippen molar-refractivity contribution in [3.05, 3.63) is 192 Å². The lowest BCUT2D eigenvalue weighted by atomic mass is 9.69. The van der Waals surface area contributed by atoms with Crippen LogP contribution in [0.3, 0.4) is 0 Å². The number of hydrogen-bond donors (Lipinski definition) is 0. The van der Waals surface area contributed by atoms with Crippen molar-refractivity contribution in [1.29, 1.82) is 0 Å². The Kier molecular flexibility index (Phi) is 7.03. The molecular formula is C51H43NSi. The number of benzene rings is 8. The molecule has 0 bridgehead atoms. The zero-order valence-electron chi connectivity index (χ0n) is 31.1. The Morgan fingerprint density at radius 2 is 1.06 bits per heavy atom. The van der Waals surface area contributed by atoms with E-state index in [9.17, 15) is 0 Å². The summed E-state index contributed by atoms with van der Waals surface area (Å²) in [6, 6.07) is 62.4. The second kappa shape index (κ2) is 11.7. The minimum Gasteiger partial charge on any atom is -0.310 e. The van der Waals surface area contributed by atoms with E-state index in [-0.39, 0.29) is 0 Å². The van der Waals surface area contributed by atoms with Gasteiger partial charge in [-0.3, -0.25) is 0 Å². The maximum atomic E-state index is 2.43. The third-order valence-corrected chi connectivity index (χ3v) is 14.1. The van der Waals surface area contributed by atoms with Crippen molar-refractivity contribution < 1.29 is 0 Å². The molecule has 10 rings (SSSR count). The van der Waals surface area contributed by atoms with Crippen LogP contribution < -0.4 is 10.1 Å². The molecule has 2 aliphatic carbocycles. The van der Waals surface area contributed by atoms with Crippen molar-refractivity contribution >= 4 is 51.9 Å². The third kappa shape index (κ3) is 4.62. The van der Waals surface area contributed by atoms with Gasteiger partial charge in [0.25, 0.3) is 0 Å². The van der Waals surface area contributed by atoms with Crippen LogP contribution in [0, 0.1) is 0 Å². The average Bonchev–Trinajstić information content (AvgIpc) is 3.66. The minimum absolute atomic E-state index is 0.415. The van der Waals surface area contributed by atoms with Crippen LogP contribution in [0.5, 0.6) is 0 Å². The molecule has 1 nitrogen and oxygen atoms in total. The molecule has 8 aromatic rings. The highest BCUT2D eigenvalue weighted by Crippen LogP contribution is 2.65. The van der Waals surface area contributed by atoms with Crippen molar-refractivity contribution in [2.24, 2.45) is 0 Å². The predicted molar refractivity (Wildman–Crippen MR) is 230 cm³/mol. The van der Waals surface area contributed by atoms with Crippen LogP contribution in [-0.4, -0.2) is 8.07 Å². The van der Waals surface area contributed by atoms with Crippen molar-refractivity contribution in [1.82, 2.24) is 0 Å². The molecule has 0 atom stereocenters. The van der Waals surface area contributed by atoms with Crippen LogP contribution in [0.1, 0.15) is 47.6 Å². The molecule has 53 heavy (non-hydrogen) atoms. The van der Waals surface area contributed by atoms with Crippen molar-refractivity contribution in [2.75, 3.05) is 4.90 Å². The monoisotopic (exact) mass is 697 g/mol. The maximum Gasteiger partial charge on any atom is 0.0775 e. The van der Waals surface area contributed by atoms with Gasteiger partial charge in [-0.25, -0.2) is 0 Å². The van der Waals surface area contributed by atoms with E-state index in [1.54, 1.807) is 0 Å². The predicted octanol–water partition coefficient (Wildman–Crippen LogP) is 13.5. The first-order chi connectivity index (χ1) is 25.7. The third-order valence-electron chi connectivity index (χ3n) is 12.0. The van der Waals surface area contributed by atoms with Gasteiger partial charge in [0, 0.05) is 17.1 Å². The molecule has 0 aliphatic heterocycles. The van der Waals surface area contributed by atoms with E-state index < -0.39 is 13.5 Å². The number of anilines is 3. The molecule has 0 fully saturated rings. The van der Waals surface area contributed by atoms with Gasteiger partial charge in [-0.15, -0.1) is 0 Å². The number of fused-ring (bicyclic) bond motifs is 14. The second-order valence-electron chi connectivity index (χ2n) is 16.3. The van der Waals surface area contributed by atoms with Crippen molar-refractivity contribution in [2.45, 2.75) is 44.8 Å². The summed E-state index contributed by atoms with van der Waals surface area (Å²) in [5.41, 5.74) is 15.4. The van der Waals surface area contributed by atoms with Gasteiger partial charge in [0.05, 0.1) is 13.5 Å². The van der Waals surface area contributed by atoms with Gasteiger partial charge in [-0.2, -0.15) is 0 Å². The maximum absolute atomic E-state index is 2.43. The molecule has 0 saturated carbocycles. The molecule has 2 heteroatoms. The van der Waals surface area contributed by atoms with Crippen LogP contribution in [0.4, 0.5) is 17.1 Å². The molecular weight excluding hydrogens is 655 g/mol. The number of nitrogens with zero attached hydrogens (tertiary/aromatic N) is 1. The highest BCUT2D eigenvalue weighted by molar-refractivity contribution is 6.88. The topological polar surface area (TPSA) is 3.24 Å². The van der Waals surface area contributed by atoms with Crippen molar-refractivity contribution in [3.63, 3.8) is 0 Å². The van der Waals surface area contributed by atoms with E-state index in [4.69, 9.17) is 0 Å². The Labute approximate surface area is 314 Å². The van der Waals surface area contributed by atoms with Gasteiger partial charge < -0.3 is 4.90 Å². The molecule has 2 aliphatic rings. The van der Waals surface area contributed by atoms with E-state index >= 15 is 0 Å². The van der Waals surface area contributed by atoms with Gasteiger partial charge in [0.1, 0.15) is 0 Å². The van der Waals surface area contributed by atoms with E-state index in [1.165, 1.54) is 88.2 Å². The summed E-state index contributed by atoms with van der Waals surface area (Å²) in [6.45, 7) is 11.8. The van der Waals surface area contributed by atoms with E-state index in [2.05, 4.69) is 202 Å².